The van der Waals surface area contributed by atoms with E-state index in [4.69, 9.17) is 9.79 Å². The number of aromatic amines is 1. The number of hydrogen-bond acceptors (Lipinski definition) is 1. The Morgan fingerprint density at radius 3 is 2.69 bits per heavy atom. The Bertz CT molecular complexity index is 485. The van der Waals surface area contributed by atoms with E-state index in [1.165, 1.54) is 12.1 Å². The van der Waals surface area contributed by atoms with E-state index in [1.807, 2.05) is 6.07 Å². The highest BCUT2D eigenvalue weighted by molar-refractivity contribution is 7.60. The second kappa shape index (κ2) is 2.70. The van der Waals surface area contributed by atoms with Gasteiger partial charge in [0.25, 0.3) is 0 Å². The Kier molecular flexibility index (Phi) is 1.77. The van der Waals surface area contributed by atoms with Crippen LogP contribution in [0.5, 0.6) is 0 Å². The first kappa shape index (κ1) is 8.51. The SMILES string of the molecule is O=P(O)(O)c1ccc2cc[nH]c2c1. The number of fused-ring (bicyclic) bond motifs is 1. The van der Waals surface area contributed by atoms with E-state index in [0.29, 0.717) is 0 Å². The highest BCUT2D eigenvalue weighted by Gasteiger charge is 2.16. The fourth-order valence-electron chi connectivity index (χ4n) is 1.22. The van der Waals surface area contributed by atoms with Gasteiger partial charge in [-0.25, -0.2) is 0 Å². The van der Waals surface area contributed by atoms with E-state index < -0.39 is 7.60 Å². The summed E-state index contributed by atoms with van der Waals surface area (Å²) in [4.78, 5) is 20.7. The molecule has 1 heterocycles. The van der Waals surface area contributed by atoms with Crippen LogP contribution in [0.1, 0.15) is 0 Å². The average Bonchev–Trinajstić information content (AvgIpc) is 2.47. The zero-order valence-corrected chi connectivity index (χ0v) is 7.53. The molecule has 0 spiro atoms. The molecule has 0 unspecified atom stereocenters. The van der Waals surface area contributed by atoms with Crippen molar-refractivity contribution in [1.29, 1.82) is 0 Å². The smallest absolute Gasteiger partial charge is 0.356 e. The minimum atomic E-state index is -4.12. The maximum atomic E-state index is 10.9. The molecule has 0 fully saturated rings. The maximum absolute atomic E-state index is 10.9. The van der Waals surface area contributed by atoms with Crippen molar-refractivity contribution in [3.05, 3.63) is 30.5 Å². The summed E-state index contributed by atoms with van der Waals surface area (Å²) in [5, 5.41) is 0.986. The minimum absolute atomic E-state index is 0.0439. The molecule has 0 saturated carbocycles. The van der Waals surface area contributed by atoms with Crippen LogP contribution in [0.3, 0.4) is 0 Å². The van der Waals surface area contributed by atoms with Gasteiger partial charge in [-0.3, -0.25) is 4.57 Å². The molecule has 1 aromatic carbocycles. The van der Waals surface area contributed by atoms with Crippen molar-refractivity contribution in [3.8, 4) is 0 Å². The third-order valence-corrected chi connectivity index (χ3v) is 2.83. The molecule has 4 nitrogen and oxygen atoms in total. The van der Waals surface area contributed by atoms with Crippen molar-refractivity contribution in [2.45, 2.75) is 0 Å². The Hall–Kier alpha value is -1.09. The van der Waals surface area contributed by atoms with E-state index in [0.717, 1.165) is 10.9 Å². The molecular weight excluding hydrogens is 189 g/mol. The standard InChI is InChI=1S/C8H8NO3P/c10-13(11,12)7-2-1-6-3-4-9-8(6)5-7/h1-5,9H,(H2,10,11,12). The molecule has 0 aliphatic carbocycles. The van der Waals surface area contributed by atoms with E-state index in [-0.39, 0.29) is 5.30 Å². The lowest BCUT2D eigenvalue weighted by atomic mass is 10.2. The normalized spacial score (nSPS) is 12.2. The third-order valence-electron chi connectivity index (χ3n) is 1.87. The Morgan fingerprint density at radius 2 is 2.00 bits per heavy atom. The van der Waals surface area contributed by atoms with Gasteiger partial charge in [0.2, 0.25) is 0 Å². The van der Waals surface area contributed by atoms with Gasteiger partial charge in [-0.1, -0.05) is 6.07 Å². The highest BCUT2D eigenvalue weighted by Crippen LogP contribution is 2.33. The highest BCUT2D eigenvalue weighted by atomic mass is 31.2. The van der Waals surface area contributed by atoms with Gasteiger partial charge in [-0.2, -0.15) is 0 Å². The van der Waals surface area contributed by atoms with E-state index >= 15 is 0 Å². The van der Waals surface area contributed by atoms with Crippen LogP contribution in [0, 0.1) is 0 Å². The lowest BCUT2D eigenvalue weighted by Gasteiger charge is -2.02. The quantitative estimate of drug-likeness (QED) is 0.596. The summed E-state index contributed by atoms with van der Waals surface area (Å²) in [7, 11) is -4.12. The van der Waals surface area contributed by atoms with Gasteiger partial charge >= 0.3 is 7.60 Å². The molecule has 1 aromatic heterocycles. The van der Waals surface area contributed by atoms with Crippen molar-refractivity contribution in [2.75, 3.05) is 0 Å². The largest absolute Gasteiger partial charge is 0.361 e. The molecule has 0 radical (unpaired) electrons. The monoisotopic (exact) mass is 197 g/mol. The number of aromatic nitrogens is 1. The van der Waals surface area contributed by atoms with Crippen molar-refractivity contribution >= 4 is 23.8 Å². The van der Waals surface area contributed by atoms with Crippen LogP contribution in [0.15, 0.2) is 30.5 Å². The van der Waals surface area contributed by atoms with Crippen LogP contribution < -0.4 is 5.30 Å². The van der Waals surface area contributed by atoms with E-state index in [2.05, 4.69) is 4.98 Å². The number of nitrogens with one attached hydrogen (secondary N) is 1. The summed E-state index contributed by atoms with van der Waals surface area (Å²) < 4.78 is 10.9. The molecule has 13 heavy (non-hydrogen) atoms. The molecule has 2 rings (SSSR count). The van der Waals surface area contributed by atoms with Crippen LogP contribution in [0.2, 0.25) is 0 Å². The van der Waals surface area contributed by atoms with Gasteiger partial charge in [-0.15, -0.1) is 0 Å². The molecule has 68 valence electrons. The molecule has 0 saturated heterocycles. The van der Waals surface area contributed by atoms with Crippen LogP contribution in [0.4, 0.5) is 0 Å². The van der Waals surface area contributed by atoms with Crippen LogP contribution in [-0.2, 0) is 4.57 Å². The lowest BCUT2D eigenvalue weighted by Crippen LogP contribution is -2.02. The molecular formula is C8H8NO3P. The zero-order chi connectivity index (χ0) is 9.47. The summed E-state index contributed by atoms with van der Waals surface area (Å²) in [6, 6.07) is 6.44. The molecule has 2 aromatic rings. The molecule has 0 aliphatic rings. The number of hydrogen-bond donors (Lipinski definition) is 3. The first-order valence-electron chi connectivity index (χ1n) is 3.70. The van der Waals surface area contributed by atoms with Gasteiger partial charge in [0.1, 0.15) is 0 Å². The minimum Gasteiger partial charge on any atom is -0.361 e. The second-order valence-electron chi connectivity index (χ2n) is 2.79. The predicted molar refractivity (Wildman–Crippen MR) is 50.0 cm³/mol. The van der Waals surface area contributed by atoms with Crippen LogP contribution in [0.25, 0.3) is 10.9 Å². The van der Waals surface area contributed by atoms with Crippen molar-refractivity contribution in [2.24, 2.45) is 0 Å². The molecule has 0 aliphatic heterocycles. The van der Waals surface area contributed by atoms with Gasteiger partial charge in [0, 0.05) is 11.7 Å². The third kappa shape index (κ3) is 1.52. The summed E-state index contributed by atoms with van der Waals surface area (Å²) in [6.07, 6.45) is 1.73. The van der Waals surface area contributed by atoms with E-state index in [9.17, 15) is 4.57 Å². The zero-order valence-electron chi connectivity index (χ0n) is 6.64. The first-order valence-corrected chi connectivity index (χ1v) is 5.32. The average molecular weight is 197 g/mol. The lowest BCUT2D eigenvalue weighted by molar-refractivity contribution is 0.387. The van der Waals surface area contributed by atoms with Crippen molar-refractivity contribution in [1.82, 2.24) is 4.98 Å². The summed E-state index contributed by atoms with van der Waals surface area (Å²) in [5.41, 5.74) is 0.737. The Labute approximate surface area is 74.4 Å². The molecule has 0 amide bonds. The van der Waals surface area contributed by atoms with Gasteiger partial charge in [0.15, 0.2) is 0 Å². The van der Waals surface area contributed by atoms with Crippen molar-refractivity contribution in [3.63, 3.8) is 0 Å². The topological polar surface area (TPSA) is 73.3 Å². The summed E-state index contributed by atoms with van der Waals surface area (Å²) in [5.74, 6) is 0. The van der Waals surface area contributed by atoms with Gasteiger partial charge < -0.3 is 14.8 Å². The fraction of sp³-hybridized carbons (Fsp3) is 0. The van der Waals surface area contributed by atoms with Gasteiger partial charge in [0.05, 0.1) is 5.30 Å². The van der Waals surface area contributed by atoms with Crippen molar-refractivity contribution < 1.29 is 14.4 Å². The summed E-state index contributed by atoms with van der Waals surface area (Å²) in [6.45, 7) is 0. The molecule has 3 N–H and O–H groups in total. The predicted octanol–water partition coefficient (Wildman–Crippen LogP) is 0.971. The van der Waals surface area contributed by atoms with Crippen LogP contribution >= 0.6 is 7.60 Å². The van der Waals surface area contributed by atoms with Gasteiger partial charge in [-0.05, 0) is 23.6 Å². The molecule has 0 atom stereocenters. The number of benzene rings is 1. The number of rotatable bonds is 1. The van der Waals surface area contributed by atoms with Crippen LogP contribution in [-0.4, -0.2) is 14.8 Å². The Balaban J connectivity index is 2.67. The van der Waals surface area contributed by atoms with E-state index in [1.54, 1.807) is 12.3 Å². The molecule has 0 bridgehead atoms. The first-order chi connectivity index (χ1) is 6.07. The fourth-order valence-corrected chi connectivity index (χ4v) is 1.78. The number of H-pyrrole nitrogens is 1. The Morgan fingerprint density at radius 1 is 1.23 bits per heavy atom. The second-order valence-corrected chi connectivity index (χ2v) is 4.40. The summed E-state index contributed by atoms with van der Waals surface area (Å²) >= 11 is 0. The molecule has 5 heteroatoms. The maximum Gasteiger partial charge on any atom is 0.356 e.